The monoisotopic (exact) mass is 759 g/mol. The molecule has 4 aliphatic rings. The van der Waals surface area contributed by atoms with E-state index in [-0.39, 0.29) is 60.2 Å². The van der Waals surface area contributed by atoms with Crippen LogP contribution in [0, 0.1) is 11.6 Å². The number of halogens is 2. The molecule has 3 fully saturated rings. The number of hydrogen-bond donors (Lipinski definition) is 5. The van der Waals surface area contributed by atoms with Crippen molar-refractivity contribution in [2.75, 3.05) is 42.7 Å². The Kier molecular flexibility index (Phi) is 8.66. The van der Waals surface area contributed by atoms with Gasteiger partial charge in [-0.05, 0) is 31.0 Å². The highest BCUT2D eigenvalue weighted by atomic mass is 31.2. The molecule has 1 saturated carbocycles. The van der Waals surface area contributed by atoms with Gasteiger partial charge >= 0.3 is 27.7 Å². The molecule has 5 N–H and O–H groups in total. The number of rotatable bonds is 11. The van der Waals surface area contributed by atoms with Gasteiger partial charge in [-0.25, -0.2) is 27.5 Å². The second-order valence-corrected chi connectivity index (χ2v) is 15.0. The molecule has 2 aromatic carbocycles. The normalized spacial score (nSPS) is 23.2. The summed E-state index contributed by atoms with van der Waals surface area (Å²) in [5, 5.41) is 9.39. The Labute approximate surface area is 285 Å². The number of benzene rings is 2. The minimum absolute atomic E-state index is 0.000635. The molecule has 0 spiro atoms. The van der Waals surface area contributed by atoms with Gasteiger partial charge in [-0.15, -0.1) is 0 Å². The first-order valence-electron chi connectivity index (χ1n) is 15.3. The van der Waals surface area contributed by atoms with Gasteiger partial charge in [0.25, 0.3) is 0 Å². The summed E-state index contributed by atoms with van der Waals surface area (Å²) in [4.78, 5) is 77.2. The maximum atomic E-state index is 15.9. The Hall–Kier alpha value is -4.13. The molecule has 22 heteroatoms. The molecule has 7 rings (SSSR count). The van der Waals surface area contributed by atoms with Crippen molar-refractivity contribution in [3.8, 4) is 11.5 Å². The number of nitrogens with zero attached hydrogens (tertiary/aromatic N) is 3. The van der Waals surface area contributed by atoms with Crippen LogP contribution >= 0.6 is 15.6 Å². The first kappa shape index (κ1) is 35.3. The number of cyclic esters (lactones) is 1. The van der Waals surface area contributed by atoms with E-state index < -0.39 is 87.0 Å². The number of carbonyl (C=O) groups is 2. The fourth-order valence-corrected chi connectivity index (χ4v) is 7.76. The Bertz CT molecular complexity index is 2120. The Balaban J connectivity index is 1.15. The molecule has 1 aromatic heterocycles. The van der Waals surface area contributed by atoms with Gasteiger partial charge in [0.15, 0.2) is 23.1 Å². The summed E-state index contributed by atoms with van der Waals surface area (Å²) < 4.78 is 82.3. The van der Waals surface area contributed by atoms with Gasteiger partial charge in [-0.2, -0.15) is 0 Å². The molecule has 18 nitrogen and oxygen atoms in total. The largest absolute Gasteiger partial charge is 0.487 e. The summed E-state index contributed by atoms with van der Waals surface area (Å²) in [6.07, 6.45) is 0.386. The first-order chi connectivity index (χ1) is 23.9. The zero-order valence-corrected chi connectivity index (χ0v) is 27.9. The van der Waals surface area contributed by atoms with E-state index in [1.54, 1.807) is 4.57 Å². The summed E-state index contributed by atoms with van der Waals surface area (Å²) in [6.45, 7) is -2.00. The first-order valence-corrected chi connectivity index (χ1v) is 18.4. The van der Waals surface area contributed by atoms with Gasteiger partial charge in [-0.1, -0.05) is 0 Å². The molecule has 2 saturated heterocycles. The fraction of sp³-hybridized carbons (Fsp3) is 0.414. The van der Waals surface area contributed by atoms with Crippen LogP contribution in [0.4, 0.5) is 25.0 Å². The van der Waals surface area contributed by atoms with E-state index in [9.17, 15) is 38.4 Å². The highest BCUT2D eigenvalue weighted by Crippen LogP contribution is 2.52. The maximum absolute atomic E-state index is 15.9. The molecule has 0 unspecified atom stereocenters. The molecule has 274 valence electrons. The maximum Gasteiger partial charge on any atom is 0.470 e. The molecule has 4 heterocycles. The predicted octanol–water partition coefficient (Wildman–Crippen LogP) is 2.65. The summed E-state index contributed by atoms with van der Waals surface area (Å²) in [5.74, 6) is -3.87. The molecular weight excluding hydrogens is 730 g/mol. The molecule has 1 aliphatic carbocycles. The molecule has 51 heavy (non-hydrogen) atoms. The lowest BCUT2D eigenvalue weighted by Crippen LogP contribution is -2.42. The molecule has 3 atom stereocenters. The SMILES string of the molecule is O=C(O)c1cn(C2CC2)c2c3c(c(F)cc2c1=O)N1C[C@@](COc2ccc(N4C[C@H](COP(=O)(O)O)OC4=O)cc2F)(OP(=O)(O)O)C[C@H]1CO3. The van der Waals surface area contributed by atoms with Crippen LogP contribution in [0.1, 0.15) is 35.7 Å². The standard InChI is InChI=1S/C29H29F2N3O15P2/c30-20-5-15(33-8-17(48-28(33)38)11-47-50(39,40)41)3-4-22(20)46-13-29(49-51(42,43)44)7-16-10-45-26-23-18(6-21(31)24(26)34(16)12-29)25(35)19(27(36)37)9-32(23)14-1-2-14/h3-6,9,14,16-17H,1-2,7-8,10-13H2,(H,36,37)(H2,39,40,41)(H2,42,43,44)/t16-,17+,29-/m0/s1. The lowest BCUT2D eigenvalue weighted by Gasteiger charge is -2.35. The summed E-state index contributed by atoms with van der Waals surface area (Å²) >= 11 is 0. The number of hydrogen-bond acceptors (Lipinski definition) is 11. The van der Waals surface area contributed by atoms with Crippen LogP contribution in [-0.4, -0.2) is 92.0 Å². The number of anilines is 2. The topological polar surface area (TPSA) is 244 Å². The Morgan fingerprint density at radius 1 is 1.04 bits per heavy atom. The van der Waals surface area contributed by atoms with Gasteiger partial charge in [0.05, 0.1) is 42.3 Å². The minimum Gasteiger partial charge on any atom is -0.487 e. The smallest absolute Gasteiger partial charge is 0.470 e. The molecular formula is C29H29F2N3O15P2. The number of amides is 1. The van der Waals surface area contributed by atoms with Crippen LogP contribution in [0.2, 0.25) is 0 Å². The molecule has 3 aliphatic heterocycles. The average Bonchev–Trinajstić information content (AvgIpc) is 3.71. The second-order valence-electron chi connectivity index (χ2n) is 12.6. The van der Waals surface area contributed by atoms with Crippen molar-refractivity contribution in [2.24, 2.45) is 0 Å². The van der Waals surface area contributed by atoms with E-state index >= 15 is 8.78 Å². The van der Waals surface area contributed by atoms with Gasteiger partial charge < -0.3 is 48.4 Å². The van der Waals surface area contributed by atoms with Crippen molar-refractivity contribution in [3.05, 3.63) is 57.9 Å². The number of aromatic carboxylic acids is 1. The second kappa shape index (κ2) is 12.5. The van der Waals surface area contributed by atoms with Crippen LogP contribution in [0.25, 0.3) is 10.9 Å². The van der Waals surface area contributed by atoms with E-state index in [4.69, 9.17) is 28.5 Å². The number of pyridine rings is 1. The summed E-state index contributed by atoms with van der Waals surface area (Å²) in [5.41, 5.74) is -3.25. The van der Waals surface area contributed by atoms with Crippen LogP contribution in [0.3, 0.4) is 0 Å². The van der Waals surface area contributed by atoms with Crippen molar-refractivity contribution in [1.82, 2.24) is 4.57 Å². The van der Waals surface area contributed by atoms with Gasteiger partial charge in [0.1, 0.15) is 36.2 Å². The van der Waals surface area contributed by atoms with Gasteiger partial charge in [-0.3, -0.25) is 18.7 Å². The van der Waals surface area contributed by atoms with E-state index in [0.29, 0.717) is 12.8 Å². The van der Waals surface area contributed by atoms with E-state index in [1.165, 1.54) is 17.2 Å². The number of phosphoric ester groups is 2. The minimum atomic E-state index is -5.24. The number of fused-ring (bicyclic) bond motifs is 5. The van der Waals surface area contributed by atoms with E-state index in [1.807, 2.05) is 0 Å². The number of aromatic nitrogens is 1. The van der Waals surface area contributed by atoms with E-state index in [0.717, 1.165) is 23.1 Å². The predicted molar refractivity (Wildman–Crippen MR) is 168 cm³/mol. The summed E-state index contributed by atoms with van der Waals surface area (Å²) in [7, 11) is -10.1. The molecule has 3 aromatic rings. The zero-order valence-electron chi connectivity index (χ0n) is 26.1. The number of carboxylic acid groups (broad SMARTS) is 1. The van der Waals surface area contributed by atoms with Crippen molar-refractivity contribution >= 4 is 50.0 Å². The van der Waals surface area contributed by atoms with Gasteiger partial charge in [0.2, 0.25) is 5.43 Å². The number of phosphoric acid groups is 2. The third-order valence-corrected chi connectivity index (χ3v) is 10.0. The highest BCUT2D eigenvalue weighted by Gasteiger charge is 2.53. The molecule has 0 bridgehead atoms. The number of carbonyl (C=O) groups excluding carboxylic acids is 1. The van der Waals surface area contributed by atoms with Crippen molar-refractivity contribution in [2.45, 2.75) is 43.1 Å². The van der Waals surface area contributed by atoms with Gasteiger partial charge in [0, 0.05) is 24.7 Å². The van der Waals surface area contributed by atoms with Crippen LogP contribution in [0.5, 0.6) is 11.5 Å². The average molecular weight is 760 g/mol. The van der Waals surface area contributed by atoms with E-state index in [2.05, 4.69) is 4.52 Å². The number of ether oxygens (including phenoxy) is 3. The molecule has 1 amide bonds. The van der Waals surface area contributed by atoms with Crippen LogP contribution in [0.15, 0.2) is 35.3 Å². The van der Waals surface area contributed by atoms with Crippen molar-refractivity contribution < 1.29 is 75.4 Å². The van der Waals surface area contributed by atoms with Crippen molar-refractivity contribution in [3.63, 3.8) is 0 Å². The third-order valence-electron chi connectivity index (χ3n) is 8.92. The lowest BCUT2D eigenvalue weighted by molar-refractivity contribution is 0.00780. The van der Waals surface area contributed by atoms with Crippen LogP contribution in [-0.2, 0) is 22.9 Å². The third kappa shape index (κ3) is 6.93. The molecule has 0 radical (unpaired) electrons. The Morgan fingerprint density at radius 2 is 1.78 bits per heavy atom. The fourth-order valence-electron chi connectivity index (χ4n) is 6.71. The highest BCUT2D eigenvalue weighted by molar-refractivity contribution is 7.46. The zero-order chi connectivity index (χ0) is 36.6. The Morgan fingerprint density at radius 3 is 2.43 bits per heavy atom. The lowest BCUT2D eigenvalue weighted by atomic mass is 10.0. The quantitative estimate of drug-likeness (QED) is 0.176. The van der Waals surface area contributed by atoms with Crippen molar-refractivity contribution in [1.29, 1.82) is 0 Å². The number of carboxylic acids is 1. The van der Waals surface area contributed by atoms with Crippen LogP contribution < -0.4 is 24.7 Å². The summed E-state index contributed by atoms with van der Waals surface area (Å²) in [6, 6.07) is 3.35.